The number of imide groups is 1. The Kier molecular flexibility index (Phi) is 3.90. The molecule has 0 saturated heterocycles. The van der Waals surface area contributed by atoms with E-state index in [-0.39, 0.29) is 11.8 Å². The second-order valence-corrected chi connectivity index (χ2v) is 9.15. The normalized spacial score (nSPS) is 22.1. The molecule has 3 aromatic rings. The summed E-state index contributed by atoms with van der Waals surface area (Å²) in [6, 6.07) is 11.2. The van der Waals surface area contributed by atoms with E-state index in [2.05, 4.69) is 10.2 Å². The predicted molar refractivity (Wildman–Crippen MR) is 116 cm³/mol. The summed E-state index contributed by atoms with van der Waals surface area (Å²) >= 11 is 0. The van der Waals surface area contributed by atoms with Crippen molar-refractivity contribution in [1.82, 2.24) is 10.2 Å². The average molecular weight is 420 g/mol. The fourth-order valence-electron chi connectivity index (χ4n) is 4.58. The van der Waals surface area contributed by atoms with Crippen molar-refractivity contribution in [3.63, 3.8) is 0 Å². The summed E-state index contributed by atoms with van der Waals surface area (Å²) in [7, 11) is 1.58. The van der Waals surface area contributed by atoms with Gasteiger partial charge in [-0.3, -0.25) is 9.89 Å². The number of aromatic nitrogens is 2. The first-order valence-electron chi connectivity index (χ1n) is 10.2. The number of carbonyl (C=O) groups excluding carboxylic acids is 2. The highest BCUT2D eigenvalue weighted by Crippen LogP contribution is 2.67. The predicted octanol–water partition coefficient (Wildman–Crippen LogP) is 3.86. The molecular weight excluding hydrogens is 396 g/mol. The molecule has 2 atom stereocenters. The topological polar surface area (TPSA) is 111 Å². The van der Waals surface area contributed by atoms with Gasteiger partial charge in [-0.2, -0.15) is 5.10 Å². The van der Waals surface area contributed by atoms with Crippen molar-refractivity contribution in [1.29, 1.82) is 0 Å². The lowest BCUT2D eigenvalue weighted by Gasteiger charge is -2.24. The number of hydrogen-bond acceptors (Lipinski definition) is 6. The molecule has 31 heavy (non-hydrogen) atoms. The molecule has 1 aliphatic carbocycles. The molecule has 0 radical (unpaired) electrons. The Hall–Kier alpha value is -3.55. The van der Waals surface area contributed by atoms with Crippen LogP contribution >= 0.6 is 0 Å². The molecular formula is C23H24N4O4. The van der Waals surface area contributed by atoms with Crippen LogP contribution in [0.3, 0.4) is 0 Å². The lowest BCUT2D eigenvalue weighted by molar-refractivity contribution is -0.120. The fraction of sp³-hybridized carbons (Fsp3) is 0.348. The van der Waals surface area contributed by atoms with Gasteiger partial charge in [0.15, 0.2) is 5.82 Å². The van der Waals surface area contributed by atoms with Crippen molar-refractivity contribution >= 4 is 34.4 Å². The molecule has 2 amide bonds. The van der Waals surface area contributed by atoms with Gasteiger partial charge in [-0.15, -0.1) is 0 Å². The minimum Gasteiger partial charge on any atom is -0.497 e. The van der Waals surface area contributed by atoms with Crippen LogP contribution in [0.15, 0.2) is 36.4 Å². The largest absolute Gasteiger partial charge is 0.497 e. The molecule has 1 aliphatic heterocycles. The monoisotopic (exact) mass is 420 g/mol. The van der Waals surface area contributed by atoms with Crippen LogP contribution in [0.4, 0.5) is 16.3 Å². The number of ether oxygens (including phenoxy) is 2. The molecule has 1 aromatic heterocycles. The zero-order valence-corrected chi connectivity index (χ0v) is 17.9. The quantitative estimate of drug-likeness (QED) is 0.651. The molecule has 3 N–H and O–H groups in total. The highest BCUT2D eigenvalue weighted by Gasteiger charge is 2.68. The molecule has 160 valence electrons. The molecule has 5 rings (SSSR count). The van der Waals surface area contributed by atoms with Gasteiger partial charge in [0.05, 0.1) is 23.7 Å². The van der Waals surface area contributed by atoms with Crippen molar-refractivity contribution in [3.05, 3.63) is 47.5 Å². The molecule has 2 aromatic carbocycles. The first-order valence-corrected chi connectivity index (χ1v) is 10.2. The van der Waals surface area contributed by atoms with Gasteiger partial charge in [0, 0.05) is 11.3 Å². The summed E-state index contributed by atoms with van der Waals surface area (Å²) in [5.41, 5.74) is 7.50. The SMILES string of the molecule is COc1ccc2c(c1)[C@]1(C[C@H]1c1ccc3c(N)n[nH]c3c1)C(=O)N2C(=O)OC(C)(C)C. The fourth-order valence-corrected chi connectivity index (χ4v) is 4.58. The number of aromatic amines is 1. The Bertz CT molecular complexity index is 1240. The van der Waals surface area contributed by atoms with Gasteiger partial charge < -0.3 is 15.2 Å². The molecule has 1 spiro atoms. The number of carbonyl (C=O) groups is 2. The van der Waals surface area contributed by atoms with E-state index in [1.54, 1.807) is 40.0 Å². The molecule has 0 unspecified atom stereocenters. The summed E-state index contributed by atoms with van der Waals surface area (Å²) in [6.45, 7) is 5.34. The Morgan fingerprint density at radius 3 is 2.74 bits per heavy atom. The Labute approximate surface area is 179 Å². The standard InChI is InChI=1S/C23H24N4O4/c1-22(2,3)31-21(29)27-18-8-6-13(30-4)10-15(18)23(20(27)28)11-16(23)12-5-7-14-17(9-12)25-26-19(14)24/h5-10,16H,11H2,1-4H3,(H3,24,25,26)/t16-,23-/m0/s1. The summed E-state index contributed by atoms with van der Waals surface area (Å²) in [6.07, 6.45) is -0.0660. The van der Waals surface area contributed by atoms with Crippen LogP contribution in [-0.4, -0.2) is 34.9 Å². The third kappa shape index (κ3) is 2.78. The molecule has 0 bridgehead atoms. The van der Waals surface area contributed by atoms with E-state index in [0.29, 0.717) is 23.7 Å². The van der Waals surface area contributed by atoms with E-state index >= 15 is 0 Å². The summed E-state index contributed by atoms with van der Waals surface area (Å²) < 4.78 is 10.9. The summed E-state index contributed by atoms with van der Waals surface area (Å²) in [4.78, 5) is 27.8. The van der Waals surface area contributed by atoms with E-state index in [4.69, 9.17) is 15.2 Å². The Morgan fingerprint density at radius 2 is 2.03 bits per heavy atom. The number of nitrogen functional groups attached to an aromatic ring is 1. The summed E-state index contributed by atoms with van der Waals surface area (Å²) in [5.74, 6) is 0.737. The number of rotatable bonds is 2. The smallest absolute Gasteiger partial charge is 0.421 e. The molecule has 1 fully saturated rings. The number of amides is 2. The van der Waals surface area contributed by atoms with Crippen LogP contribution in [0.2, 0.25) is 0 Å². The Morgan fingerprint density at radius 1 is 1.26 bits per heavy atom. The van der Waals surface area contributed by atoms with E-state index in [9.17, 15) is 9.59 Å². The molecule has 8 nitrogen and oxygen atoms in total. The van der Waals surface area contributed by atoms with Crippen LogP contribution in [-0.2, 0) is 14.9 Å². The van der Waals surface area contributed by atoms with Crippen molar-refractivity contribution in [2.24, 2.45) is 0 Å². The van der Waals surface area contributed by atoms with Crippen LogP contribution < -0.4 is 15.4 Å². The van der Waals surface area contributed by atoms with Gasteiger partial charge in [-0.25, -0.2) is 9.69 Å². The van der Waals surface area contributed by atoms with Gasteiger partial charge in [0.25, 0.3) is 0 Å². The number of anilines is 2. The maximum Gasteiger partial charge on any atom is 0.421 e. The van der Waals surface area contributed by atoms with Crippen molar-refractivity contribution in [2.45, 2.75) is 44.1 Å². The number of nitrogens with two attached hydrogens (primary N) is 1. The molecule has 8 heteroatoms. The van der Waals surface area contributed by atoms with Crippen molar-refractivity contribution in [2.75, 3.05) is 17.7 Å². The second-order valence-electron chi connectivity index (χ2n) is 9.15. The minimum atomic E-state index is -0.819. The number of nitrogens with one attached hydrogen (secondary N) is 1. The van der Waals surface area contributed by atoms with E-state index < -0.39 is 17.1 Å². The molecule has 2 aliphatic rings. The Balaban J connectivity index is 1.59. The van der Waals surface area contributed by atoms with Crippen LogP contribution in [0.25, 0.3) is 10.9 Å². The second kappa shape index (κ2) is 6.23. The maximum atomic E-state index is 13.7. The lowest BCUT2D eigenvalue weighted by Crippen LogP contribution is -2.41. The minimum absolute atomic E-state index is 0.0767. The average Bonchev–Trinajstić information content (AvgIpc) is 3.30. The number of benzene rings is 2. The van der Waals surface area contributed by atoms with Gasteiger partial charge in [-0.1, -0.05) is 6.07 Å². The van der Waals surface area contributed by atoms with Crippen molar-refractivity contribution in [3.8, 4) is 5.75 Å². The third-order valence-electron chi connectivity index (χ3n) is 6.07. The number of methoxy groups -OCH3 is 1. The van der Waals surface area contributed by atoms with Crippen molar-refractivity contribution < 1.29 is 19.1 Å². The van der Waals surface area contributed by atoms with Gasteiger partial charge in [0.2, 0.25) is 5.91 Å². The maximum absolute atomic E-state index is 13.7. The number of nitrogens with zero attached hydrogens (tertiary/aromatic N) is 2. The number of H-pyrrole nitrogens is 1. The number of fused-ring (bicyclic) bond motifs is 3. The van der Waals surface area contributed by atoms with Crippen LogP contribution in [0.1, 0.15) is 44.2 Å². The molecule has 1 saturated carbocycles. The summed E-state index contributed by atoms with van der Waals surface area (Å²) in [5, 5.41) is 7.82. The lowest BCUT2D eigenvalue weighted by atomic mass is 9.91. The van der Waals surface area contributed by atoms with E-state index in [1.165, 1.54) is 4.90 Å². The third-order valence-corrected chi connectivity index (χ3v) is 6.07. The zero-order chi connectivity index (χ0) is 22.1. The van der Waals surface area contributed by atoms with Gasteiger partial charge >= 0.3 is 6.09 Å². The zero-order valence-electron chi connectivity index (χ0n) is 17.9. The first-order chi connectivity index (χ1) is 14.7. The highest BCUT2D eigenvalue weighted by atomic mass is 16.6. The van der Waals surface area contributed by atoms with E-state index in [1.807, 2.05) is 24.3 Å². The van der Waals surface area contributed by atoms with Gasteiger partial charge in [0.1, 0.15) is 11.4 Å². The van der Waals surface area contributed by atoms with Gasteiger partial charge in [-0.05, 0) is 68.7 Å². The van der Waals surface area contributed by atoms with Crippen LogP contribution in [0.5, 0.6) is 5.75 Å². The van der Waals surface area contributed by atoms with Crippen LogP contribution in [0, 0.1) is 0 Å². The number of hydrogen-bond donors (Lipinski definition) is 2. The first kappa shape index (κ1) is 19.4. The molecule has 2 heterocycles. The van der Waals surface area contributed by atoms with E-state index in [0.717, 1.165) is 22.0 Å². The highest BCUT2D eigenvalue weighted by molar-refractivity contribution is 6.23.